The Hall–Kier alpha value is -6.03. The Balaban J connectivity index is 1.31. The van der Waals surface area contributed by atoms with Gasteiger partial charge in [0.25, 0.3) is 5.91 Å². The number of hydrogen-bond acceptors (Lipinski definition) is 7. The number of amides is 1. The zero-order chi connectivity index (χ0) is 52.1. The number of aromatic amines is 2. The molecule has 10 heteroatoms. The van der Waals surface area contributed by atoms with Gasteiger partial charge in [0.1, 0.15) is 6.61 Å². The summed E-state index contributed by atoms with van der Waals surface area (Å²) in [6.07, 6.45) is 16.3. The van der Waals surface area contributed by atoms with Crippen LogP contribution in [0.15, 0.2) is 66.8 Å². The first-order valence-corrected chi connectivity index (χ1v) is 26.8. The van der Waals surface area contributed by atoms with Crippen LogP contribution < -0.4 is 5.32 Å². The molecular formula is C62H83N5O5. The van der Waals surface area contributed by atoms with Crippen LogP contribution in [0.3, 0.4) is 0 Å². The lowest BCUT2D eigenvalue weighted by atomic mass is 9.84. The van der Waals surface area contributed by atoms with Crippen LogP contribution in [0.25, 0.3) is 39.3 Å². The van der Waals surface area contributed by atoms with Gasteiger partial charge < -0.3 is 24.8 Å². The first kappa shape index (κ1) is 55.3. The predicted molar refractivity (Wildman–Crippen MR) is 296 cm³/mol. The van der Waals surface area contributed by atoms with Crippen LogP contribution in [0.4, 0.5) is 0 Å². The van der Waals surface area contributed by atoms with E-state index >= 15 is 0 Å². The molecule has 2 aliphatic heterocycles. The highest BCUT2D eigenvalue weighted by molar-refractivity contribution is 6.27. The molecule has 4 unspecified atom stereocenters. The second-order valence-corrected chi connectivity index (χ2v) is 21.2. The summed E-state index contributed by atoms with van der Waals surface area (Å²) < 4.78 is 11.2. The van der Waals surface area contributed by atoms with Crippen molar-refractivity contribution in [3.05, 3.63) is 123 Å². The van der Waals surface area contributed by atoms with Crippen molar-refractivity contribution in [2.75, 3.05) is 13.7 Å². The normalized spacial score (nSPS) is 15.7. The van der Waals surface area contributed by atoms with Gasteiger partial charge in [-0.1, -0.05) is 135 Å². The van der Waals surface area contributed by atoms with Gasteiger partial charge in [-0.05, 0) is 123 Å². The zero-order valence-corrected chi connectivity index (χ0v) is 45.4. The summed E-state index contributed by atoms with van der Waals surface area (Å²) in [6, 6.07) is 16.0. The summed E-state index contributed by atoms with van der Waals surface area (Å²) >= 11 is 0. The summed E-state index contributed by atoms with van der Waals surface area (Å²) in [5, 5.41) is 3.14. The van der Waals surface area contributed by atoms with E-state index in [4.69, 9.17) is 19.4 Å². The average Bonchev–Trinajstić information content (AvgIpc) is 4.04. The summed E-state index contributed by atoms with van der Waals surface area (Å²) in [6.45, 7) is 26.6. The van der Waals surface area contributed by atoms with Crippen molar-refractivity contribution in [3.63, 3.8) is 0 Å². The number of methoxy groups -OCH3 is 1. The van der Waals surface area contributed by atoms with Crippen molar-refractivity contribution in [3.8, 4) is 0 Å². The third-order valence-electron chi connectivity index (χ3n) is 15.3. The Kier molecular flexibility index (Phi) is 20.0. The molecule has 8 bridgehead atoms. The molecule has 2 aliphatic rings. The molecule has 6 rings (SSSR count). The Labute approximate surface area is 430 Å². The number of aromatic nitrogens is 4. The number of H-pyrrole nitrogens is 2. The number of carbonyl (C=O) groups is 3. The maximum Gasteiger partial charge on any atom is 0.310 e. The fourth-order valence-corrected chi connectivity index (χ4v) is 10.6. The fourth-order valence-electron chi connectivity index (χ4n) is 10.6. The maximum absolute atomic E-state index is 14.6. The molecule has 0 saturated heterocycles. The minimum absolute atomic E-state index is 0.139. The van der Waals surface area contributed by atoms with E-state index in [1.807, 2.05) is 55.5 Å². The molecule has 0 spiro atoms. The third kappa shape index (κ3) is 14.1. The molecule has 0 aliphatic carbocycles. The number of aryl methyl sites for hydroxylation is 3. The van der Waals surface area contributed by atoms with E-state index < -0.39 is 5.97 Å². The van der Waals surface area contributed by atoms with E-state index in [9.17, 15) is 14.4 Å². The number of esters is 2. The van der Waals surface area contributed by atoms with Crippen LogP contribution in [0.1, 0.15) is 194 Å². The van der Waals surface area contributed by atoms with Gasteiger partial charge in [0.15, 0.2) is 0 Å². The van der Waals surface area contributed by atoms with Crippen molar-refractivity contribution < 1.29 is 23.9 Å². The van der Waals surface area contributed by atoms with Gasteiger partial charge >= 0.3 is 11.9 Å². The molecular weight excluding hydrogens is 895 g/mol. The van der Waals surface area contributed by atoms with Gasteiger partial charge in [0.05, 0.1) is 36.2 Å². The van der Waals surface area contributed by atoms with E-state index in [0.717, 1.165) is 86.7 Å². The molecule has 386 valence electrons. The number of nitrogens with one attached hydrogen (secondary N) is 3. The molecule has 3 aromatic heterocycles. The molecule has 1 aromatic carbocycles. The van der Waals surface area contributed by atoms with Gasteiger partial charge in [0, 0.05) is 63.7 Å². The maximum atomic E-state index is 14.6. The van der Waals surface area contributed by atoms with Crippen molar-refractivity contribution in [2.24, 2.45) is 17.8 Å². The average molecular weight is 978 g/mol. The topological polar surface area (TPSA) is 139 Å². The lowest BCUT2D eigenvalue weighted by molar-refractivity contribution is -0.143. The number of carbonyl (C=O) groups excluding carboxylic acids is 3. The van der Waals surface area contributed by atoms with E-state index in [0.29, 0.717) is 52.7 Å². The van der Waals surface area contributed by atoms with Crippen LogP contribution in [-0.2, 0) is 43.2 Å². The minimum atomic E-state index is -0.491. The highest BCUT2D eigenvalue weighted by atomic mass is 16.5. The number of allylic oxidation sites excluding steroid dienone is 2. The number of nitrogens with zero attached hydrogens (tertiary/aromatic N) is 2. The van der Waals surface area contributed by atoms with Gasteiger partial charge in [0.2, 0.25) is 0 Å². The molecule has 4 aromatic rings. The molecule has 0 fully saturated rings. The summed E-state index contributed by atoms with van der Waals surface area (Å²) in [7, 11) is 1.36. The summed E-state index contributed by atoms with van der Waals surface area (Å²) in [4.78, 5) is 59.8. The minimum Gasteiger partial charge on any atom is -0.469 e. The van der Waals surface area contributed by atoms with Crippen LogP contribution in [0.2, 0.25) is 0 Å². The molecule has 5 heterocycles. The van der Waals surface area contributed by atoms with Gasteiger partial charge in [-0.2, -0.15) is 0 Å². The van der Waals surface area contributed by atoms with Crippen molar-refractivity contribution in [1.29, 1.82) is 0 Å². The van der Waals surface area contributed by atoms with Gasteiger partial charge in [-0.15, -0.1) is 0 Å². The molecule has 3 N–H and O–H groups in total. The number of fused-ring (bicyclic) bond motifs is 8. The first-order chi connectivity index (χ1) is 34.5. The molecule has 0 saturated carbocycles. The van der Waals surface area contributed by atoms with E-state index in [-0.39, 0.29) is 43.2 Å². The second kappa shape index (κ2) is 26.1. The van der Waals surface area contributed by atoms with Crippen molar-refractivity contribution >= 4 is 57.1 Å². The second-order valence-electron chi connectivity index (χ2n) is 21.2. The summed E-state index contributed by atoms with van der Waals surface area (Å²) in [5.41, 5.74) is 14.0. The predicted octanol–water partition coefficient (Wildman–Crippen LogP) is 14.7. The third-order valence-corrected chi connectivity index (χ3v) is 15.3. The Bertz CT molecular complexity index is 2790. The number of benzene rings is 1. The van der Waals surface area contributed by atoms with Gasteiger partial charge in [-0.25, -0.2) is 4.98 Å². The molecule has 1 amide bonds. The Morgan fingerprint density at radius 3 is 2.14 bits per heavy atom. The Morgan fingerprint density at radius 1 is 0.806 bits per heavy atom. The fraction of sp³-hybridized carbons (Fsp3) is 0.500. The largest absolute Gasteiger partial charge is 0.469 e. The number of ether oxygens (including phenoxy) is 2. The Morgan fingerprint density at radius 2 is 1.47 bits per heavy atom. The van der Waals surface area contributed by atoms with E-state index in [2.05, 4.69) is 96.3 Å². The zero-order valence-electron chi connectivity index (χ0n) is 45.4. The van der Waals surface area contributed by atoms with Gasteiger partial charge in [-0.3, -0.25) is 19.4 Å². The highest BCUT2D eigenvalue weighted by Crippen LogP contribution is 2.44. The highest BCUT2D eigenvalue weighted by Gasteiger charge is 2.36. The van der Waals surface area contributed by atoms with Crippen LogP contribution >= 0.6 is 0 Å². The quantitative estimate of drug-likeness (QED) is 0.0469. The van der Waals surface area contributed by atoms with Crippen LogP contribution in [0, 0.1) is 31.6 Å². The number of hydrogen-bond donors (Lipinski definition) is 3. The van der Waals surface area contributed by atoms with E-state index in [1.54, 1.807) is 0 Å². The number of rotatable bonds is 24. The van der Waals surface area contributed by atoms with Crippen LogP contribution in [0.5, 0.6) is 0 Å². The molecule has 0 radical (unpaired) electrons. The monoisotopic (exact) mass is 978 g/mol. The molecule has 4 atom stereocenters. The lowest BCUT2D eigenvalue weighted by Gasteiger charge is -2.19. The summed E-state index contributed by atoms with van der Waals surface area (Å²) in [5.74, 6) is 0.700. The van der Waals surface area contributed by atoms with Crippen molar-refractivity contribution in [2.45, 2.75) is 171 Å². The van der Waals surface area contributed by atoms with Crippen molar-refractivity contribution in [1.82, 2.24) is 25.3 Å². The smallest absolute Gasteiger partial charge is 0.310 e. The van der Waals surface area contributed by atoms with E-state index in [1.165, 1.54) is 57.6 Å². The SMILES string of the molecule is C=Cc1c(C)c2cc3nc(c(CC(=O)OC)c4nc(cc5[nH]c(cc1[nH]2)c(C)c5CC)C(C)=C4C(=O)NCc1ccccc1)C(CCC(=O)OCC=C(C)CCCC(C)CCCC(C)CCCC(C)C)C3C. The van der Waals surface area contributed by atoms with Crippen LogP contribution in [-0.4, -0.2) is 51.5 Å². The molecule has 10 nitrogen and oxygen atoms in total. The first-order valence-electron chi connectivity index (χ1n) is 26.8. The lowest BCUT2D eigenvalue weighted by Crippen LogP contribution is -2.25. The molecule has 72 heavy (non-hydrogen) atoms. The standard InChI is InChI=1S/C62H83N5O5/c1-13-47-42(8)51-34-53-44(10)49(29-30-57(68)72-32-31-41(7)26-20-25-40(6)24-19-23-39(5)22-18-21-38(3)4)60(66-53)50(33-58(69)71-12)61-59(62(70)63-37-46-27-16-15-17-28-46)45(11)54(67-61)36-56-48(14-2)43(9)52(65-56)35-55(47)64-51/h13,15-17,27-28,31,34-36,38-40,44,49,64-65H,1,14,18-26,29-30,32-33,37H2,2-12H3,(H,63,70).